The lowest BCUT2D eigenvalue weighted by molar-refractivity contribution is 0.361. The molecule has 0 spiro atoms. The molecular formula is C12H23N3O. The molecule has 0 saturated carbocycles. The molecule has 0 radical (unpaired) electrons. The molecule has 1 aromatic rings. The molecule has 1 rings (SSSR count). The first-order valence-corrected chi connectivity index (χ1v) is 5.76. The Labute approximate surface area is 97.8 Å². The second-order valence-electron chi connectivity index (χ2n) is 6.18. The van der Waals surface area contributed by atoms with E-state index in [-0.39, 0.29) is 11.0 Å². The van der Waals surface area contributed by atoms with Crippen molar-refractivity contribution in [3.63, 3.8) is 0 Å². The summed E-state index contributed by atoms with van der Waals surface area (Å²) < 4.78 is 5.60. The van der Waals surface area contributed by atoms with Crippen LogP contribution in [0.5, 0.6) is 0 Å². The van der Waals surface area contributed by atoms with Crippen LogP contribution in [0.25, 0.3) is 0 Å². The van der Waals surface area contributed by atoms with Crippen LogP contribution in [0, 0.1) is 0 Å². The summed E-state index contributed by atoms with van der Waals surface area (Å²) in [5.41, 5.74) is 0.0651. The van der Waals surface area contributed by atoms with Crippen LogP contribution in [0.15, 0.2) is 4.42 Å². The fourth-order valence-corrected chi connectivity index (χ4v) is 1.20. The summed E-state index contributed by atoms with van der Waals surface area (Å²) >= 11 is 0. The molecule has 0 amide bonds. The van der Waals surface area contributed by atoms with Gasteiger partial charge < -0.3 is 9.73 Å². The highest BCUT2D eigenvalue weighted by atomic mass is 16.4. The van der Waals surface area contributed by atoms with Gasteiger partial charge in [-0.3, -0.25) is 0 Å². The Hall–Kier alpha value is -0.900. The lowest BCUT2D eigenvalue weighted by Gasteiger charge is -2.19. The molecule has 0 fully saturated rings. The lowest BCUT2D eigenvalue weighted by atomic mass is 9.97. The summed E-state index contributed by atoms with van der Waals surface area (Å²) in [5, 5.41) is 11.5. The molecule has 0 aliphatic carbocycles. The Balaban J connectivity index is 2.48. The molecule has 0 bridgehead atoms. The SMILES string of the molecule is CC(C)(C)NCCc1nnc(C(C)(C)C)o1. The van der Waals surface area contributed by atoms with Crippen molar-refractivity contribution in [3.8, 4) is 0 Å². The summed E-state index contributed by atoms with van der Waals surface area (Å²) in [7, 11) is 0. The zero-order valence-electron chi connectivity index (χ0n) is 11.2. The third-order valence-electron chi connectivity index (χ3n) is 2.10. The van der Waals surface area contributed by atoms with E-state index in [0.717, 1.165) is 13.0 Å². The topological polar surface area (TPSA) is 51.0 Å². The van der Waals surface area contributed by atoms with Gasteiger partial charge in [-0.05, 0) is 20.8 Å². The van der Waals surface area contributed by atoms with E-state index in [2.05, 4.69) is 57.1 Å². The van der Waals surface area contributed by atoms with Gasteiger partial charge in [0.15, 0.2) is 0 Å². The van der Waals surface area contributed by atoms with Gasteiger partial charge in [-0.15, -0.1) is 10.2 Å². The standard InChI is InChI=1S/C12H23N3O/c1-11(2,3)10-15-14-9(16-10)7-8-13-12(4,5)6/h13H,7-8H2,1-6H3. The molecule has 92 valence electrons. The Morgan fingerprint density at radius 2 is 1.69 bits per heavy atom. The van der Waals surface area contributed by atoms with Crippen LogP contribution in [0.3, 0.4) is 0 Å². The minimum atomic E-state index is -0.0668. The van der Waals surface area contributed by atoms with Crippen LogP contribution < -0.4 is 5.32 Å². The zero-order chi connectivity index (χ0) is 12.4. The summed E-state index contributed by atoms with van der Waals surface area (Å²) in [4.78, 5) is 0. The molecular weight excluding hydrogens is 202 g/mol. The third kappa shape index (κ3) is 4.31. The monoisotopic (exact) mass is 225 g/mol. The van der Waals surface area contributed by atoms with Crippen LogP contribution in [-0.2, 0) is 11.8 Å². The quantitative estimate of drug-likeness (QED) is 0.857. The van der Waals surface area contributed by atoms with Crippen LogP contribution in [0.4, 0.5) is 0 Å². The number of hydrogen-bond donors (Lipinski definition) is 1. The van der Waals surface area contributed by atoms with Gasteiger partial charge in [0.05, 0.1) is 0 Å². The van der Waals surface area contributed by atoms with E-state index in [1.807, 2.05) is 0 Å². The lowest BCUT2D eigenvalue weighted by Crippen LogP contribution is -2.37. The predicted octanol–water partition coefficient (Wildman–Crippen LogP) is 2.30. The highest BCUT2D eigenvalue weighted by Gasteiger charge is 2.21. The molecule has 0 saturated heterocycles. The van der Waals surface area contributed by atoms with Gasteiger partial charge >= 0.3 is 0 Å². The first-order chi connectivity index (χ1) is 7.18. The van der Waals surface area contributed by atoms with Gasteiger partial charge in [0.2, 0.25) is 11.8 Å². The first-order valence-electron chi connectivity index (χ1n) is 5.76. The number of nitrogens with zero attached hydrogens (tertiary/aromatic N) is 2. The normalized spacial score (nSPS) is 13.1. The summed E-state index contributed by atoms with van der Waals surface area (Å²) in [6.07, 6.45) is 0.778. The minimum absolute atomic E-state index is 0.0668. The second kappa shape index (κ2) is 4.53. The van der Waals surface area contributed by atoms with Crippen molar-refractivity contribution in [1.29, 1.82) is 0 Å². The van der Waals surface area contributed by atoms with Gasteiger partial charge in [-0.2, -0.15) is 0 Å². The Morgan fingerprint density at radius 3 is 2.12 bits per heavy atom. The Morgan fingerprint density at radius 1 is 1.06 bits per heavy atom. The van der Waals surface area contributed by atoms with E-state index < -0.39 is 0 Å². The highest BCUT2D eigenvalue weighted by Crippen LogP contribution is 2.20. The van der Waals surface area contributed by atoms with Crippen LogP contribution >= 0.6 is 0 Å². The molecule has 0 aliphatic rings. The zero-order valence-corrected chi connectivity index (χ0v) is 11.2. The van der Waals surface area contributed by atoms with Crippen LogP contribution in [0.2, 0.25) is 0 Å². The molecule has 1 N–H and O–H groups in total. The Kier molecular flexibility index (Phi) is 3.73. The van der Waals surface area contributed by atoms with Crippen molar-refractivity contribution in [2.75, 3.05) is 6.54 Å². The fraction of sp³-hybridized carbons (Fsp3) is 0.833. The summed E-state index contributed by atoms with van der Waals surface area (Å²) in [6, 6.07) is 0. The molecule has 1 aromatic heterocycles. The minimum Gasteiger partial charge on any atom is -0.425 e. The van der Waals surface area contributed by atoms with Gasteiger partial charge in [0.1, 0.15) is 0 Å². The maximum atomic E-state index is 5.60. The molecule has 0 aliphatic heterocycles. The number of aromatic nitrogens is 2. The van der Waals surface area contributed by atoms with Crippen molar-refractivity contribution < 1.29 is 4.42 Å². The fourth-order valence-electron chi connectivity index (χ4n) is 1.20. The average Bonchev–Trinajstić information content (AvgIpc) is 2.49. The molecule has 4 nitrogen and oxygen atoms in total. The maximum absolute atomic E-state index is 5.60. The number of hydrogen-bond acceptors (Lipinski definition) is 4. The first kappa shape index (κ1) is 13.2. The van der Waals surface area contributed by atoms with Crippen molar-refractivity contribution in [3.05, 3.63) is 11.8 Å². The summed E-state index contributed by atoms with van der Waals surface area (Å²) in [5.74, 6) is 1.42. The van der Waals surface area contributed by atoms with Crippen molar-refractivity contribution in [2.45, 2.75) is 58.9 Å². The van der Waals surface area contributed by atoms with E-state index in [9.17, 15) is 0 Å². The second-order valence-corrected chi connectivity index (χ2v) is 6.18. The van der Waals surface area contributed by atoms with Crippen LogP contribution in [0.1, 0.15) is 53.3 Å². The van der Waals surface area contributed by atoms with Crippen molar-refractivity contribution >= 4 is 0 Å². The van der Waals surface area contributed by atoms with E-state index in [4.69, 9.17) is 4.42 Å². The third-order valence-corrected chi connectivity index (χ3v) is 2.10. The van der Waals surface area contributed by atoms with Crippen molar-refractivity contribution in [2.24, 2.45) is 0 Å². The molecule has 1 heterocycles. The molecule has 0 unspecified atom stereocenters. The van der Waals surface area contributed by atoms with E-state index in [1.54, 1.807) is 0 Å². The molecule has 0 aromatic carbocycles. The predicted molar refractivity (Wildman–Crippen MR) is 64.5 cm³/mol. The van der Waals surface area contributed by atoms with Gasteiger partial charge in [0, 0.05) is 23.9 Å². The largest absolute Gasteiger partial charge is 0.425 e. The number of rotatable bonds is 3. The van der Waals surface area contributed by atoms with Gasteiger partial charge in [0.25, 0.3) is 0 Å². The van der Waals surface area contributed by atoms with E-state index in [0.29, 0.717) is 11.8 Å². The van der Waals surface area contributed by atoms with Gasteiger partial charge in [-0.1, -0.05) is 20.8 Å². The smallest absolute Gasteiger partial charge is 0.221 e. The molecule has 4 heteroatoms. The van der Waals surface area contributed by atoms with Crippen molar-refractivity contribution in [1.82, 2.24) is 15.5 Å². The van der Waals surface area contributed by atoms with Crippen LogP contribution in [-0.4, -0.2) is 22.3 Å². The van der Waals surface area contributed by atoms with Gasteiger partial charge in [-0.25, -0.2) is 0 Å². The average molecular weight is 225 g/mol. The van der Waals surface area contributed by atoms with E-state index in [1.165, 1.54) is 0 Å². The molecule has 0 atom stereocenters. The van der Waals surface area contributed by atoms with E-state index >= 15 is 0 Å². The highest BCUT2D eigenvalue weighted by molar-refractivity contribution is 4.96. The summed E-state index contributed by atoms with van der Waals surface area (Å²) in [6.45, 7) is 13.5. The number of nitrogens with one attached hydrogen (secondary N) is 1. The Bertz CT molecular complexity index is 331. The molecule has 16 heavy (non-hydrogen) atoms. The maximum Gasteiger partial charge on any atom is 0.221 e.